The smallest absolute Gasteiger partial charge is 0.375 e. The molecule has 0 aromatic rings. The molecule has 0 aromatic carbocycles. The van der Waals surface area contributed by atoms with Gasteiger partial charge in [-0.25, -0.2) is 4.79 Å². The molecule has 0 spiro atoms. The van der Waals surface area contributed by atoms with Crippen LogP contribution in [-0.4, -0.2) is 30.2 Å². The molecular weight excluding hydrogens is 158 g/mol. The second-order valence-corrected chi connectivity index (χ2v) is 2.93. The first-order valence-corrected chi connectivity index (χ1v) is 3.09. The van der Waals surface area contributed by atoms with Gasteiger partial charge in [0.1, 0.15) is 0 Å². The summed E-state index contributed by atoms with van der Waals surface area (Å²) in [5.41, 5.74) is -1.52. The first-order chi connectivity index (χ1) is 4.90. The number of rotatable bonds is 2. The van der Waals surface area contributed by atoms with Gasteiger partial charge in [0.2, 0.25) is 0 Å². The molecule has 1 fully saturated rings. The molecule has 0 radical (unpaired) electrons. The van der Waals surface area contributed by atoms with Crippen LogP contribution in [0.3, 0.4) is 0 Å². The number of carboxylic acids is 1. The molecule has 1 N–H and O–H groups in total. The largest absolute Gasteiger partial charge is 0.477 e. The van der Waals surface area contributed by atoms with Gasteiger partial charge in [-0.15, -0.1) is 0 Å². The Morgan fingerprint density at radius 1 is 1.64 bits per heavy atom. The average molecular weight is 166 g/mol. The minimum Gasteiger partial charge on any atom is -0.477 e. The Bertz CT molecular complexity index is 186. The Hall–Kier alpha value is -0.710. The summed E-state index contributed by atoms with van der Waals surface area (Å²) in [4.78, 5) is 10.1. The SMILES string of the molecule is CC1(C(F)(F)C(=O)O)COC1. The standard InChI is InChI=1S/C6H8F2O3/c1-5(2-11-3-5)6(7,8)4(9)10/h2-3H2,1H3,(H,9,10). The predicted octanol–water partition coefficient (Wildman–Crippen LogP) is 0.743. The fraction of sp³-hybridized carbons (Fsp3) is 0.833. The molecule has 1 rings (SSSR count). The summed E-state index contributed by atoms with van der Waals surface area (Å²) < 4.78 is 29.9. The molecule has 5 heteroatoms. The van der Waals surface area contributed by atoms with Crippen molar-refractivity contribution >= 4 is 5.97 Å². The summed E-state index contributed by atoms with van der Waals surface area (Å²) in [6.07, 6.45) is 0. The van der Waals surface area contributed by atoms with Crippen LogP contribution in [0.1, 0.15) is 6.92 Å². The van der Waals surface area contributed by atoms with E-state index < -0.39 is 17.3 Å². The Morgan fingerprint density at radius 2 is 2.09 bits per heavy atom. The molecule has 0 unspecified atom stereocenters. The van der Waals surface area contributed by atoms with Crippen LogP contribution < -0.4 is 0 Å². The van der Waals surface area contributed by atoms with E-state index in [1.165, 1.54) is 6.92 Å². The normalized spacial score (nSPS) is 22.5. The van der Waals surface area contributed by atoms with Crippen LogP contribution in [0.5, 0.6) is 0 Å². The third kappa shape index (κ3) is 0.994. The first kappa shape index (κ1) is 8.39. The van der Waals surface area contributed by atoms with Crippen LogP contribution in [-0.2, 0) is 9.53 Å². The van der Waals surface area contributed by atoms with E-state index in [4.69, 9.17) is 5.11 Å². The van der Waals surface area contributed by atoms with Crippen molar-refractivity contribution in [3.8, 4) is 0 Å². The highest BCUT2D eigenvalue weighted by atomic mass is 19.3. The van der Waals surface area contributed by atoms with Crippen LogP contribution in [0.2, 0.25) is 0 Å². The lowest BCUT2D eigenvalue weighted by Crippen LogP contribution is -2.57. The lowest BCUT2D eigenvalue weighted by molar-refractivity contribution is -0.240. The molecule has 0 aliphatic carbocycles. The van der Waals surface area contributed by atoms with E-state index in [9.17, 15) is 13.6 Å². The number of hydrogen-bond donors (Lipinski definition) is 1. The summed E-state index contributed by atoms with van der Waals surface area (Å²) in [5, 5.41) is 8.14. The van der Waals surface area contributed by atoms with Gasteiger partial charge in [-0.1, -0.05) is 0 Å². The van der Waals surface area contributed by atoms with E-state index in [1.807, 2.05) is 0 Å². The van der Waals surface area contributed by atoms with Crippen molar-refractivity contribution in [2.75, 3.05) is 13.2 Å². The van der Waals surface area contributed by atoms with E-state index >= 15 is 0 Å². The van der Waals surface area contributed by atoms with Crippen LogP contribution in [0.4, 0.5) is 8.78 Å². The zero-order valence-electron chi connectivity index (χ0n) is 5.93. The molecule has 1 saturated heterocycles. The highest BCUT2D eigenvalue weighted by Gasteiger charge is 2.60. The van der Waals surface area contributed by atoms with Gasteiger partial charge in [-0.05, 0) is 6.92 Å². The summed E-state index contributed by atoms with van der Waals surface area (Å²) >= 11 is 0. The number of carboxylic acid groups (broad SMARTS) is 1. The van der Waals surface area contributed by atoms with Crippen LogP contribution in [0.15, 0.2) is 0 Å². The van der Waals surface area contributed by atoms with Crippen molar-refractivity contribution in [2.24, 2.45) is 5.41 Å². The first-order valence-electron chi connectivity index (χ1n) is 3.09. The van der Waals surface area contributed by atoms with E-state index in [0.29, 0.717) is 0 Å². The minimum absolute atomic E-state index is 0.188. The molecule has 1 aliphatic rings. The number of halogens is 2. The molecule has 11 heavy (non-hydrogen) atoms. The van der Waals surface area contributed by atoms with Gasteiger partial charge < -0.3 is 9.84 Å². The lowest BCUT2D eigenvalue weighted by atomic mass is 9.81. The monoisotopic (exact) mass is 166 g/mol. The summed E-state index contributed by atoms with van der Waals surface area (Å²) in [6, 6.07) is 0. The number of alkyl halides is 2. The molecule has 3 nitrogen and oxygen atoms in total. The van der Waals surface area contributed by atoms with Gasteiger partial charge in [0.15, 0.2) is 0 Å². The van der Waals surface area contributed by atoms with Gasteiger partial charge in [-0.3, -0.25) is 0 Å². The number of carbonyl (C=O) groups is 1. The van der Waals surface area contributed by atoms with E-state index in [0.717, 1.165) is 0 Å². The molecule has 0 bridgehead atoms. The zero-order valence-corrected chi connectivity index (χ0v) is 5.93. The van der Waals surface area contributed by atoms with Crippen molar-refractivity contribution in [1.29, 1.82) is 0 Å². The van der Waals surface area contributed by atoms with Gasteiger partial charge >= 0.3 is 11.9 Å². The Labute approximate surface area is 62.0 Å². The van der Waals surface area contributed by atoms with Gasteiger partial charge in [0.25, 0.3) is 0 Å². The van der Waals surface area contributed by atoms with E-state index in [-0.39, 0.29) is 13.2 Å². The predicted molar refractivity (Wildman–Crippen MR) is 31.5 cm³/mol. The second kappa shape index (κ2) is 2.14. The van der Waals surface area contributed by atoms with Crippen LogP contribution in [0, 0.1) is 5.41 Å². The lowest BCUT2D eigenvalue weighted by Gasteiger charge is -2.41. The number of ether oxygens (including phenoxy) is 1. The molecule has 0 saturated carbocycles. The molecular formula is C6H8F2O3. The maximum atomic E-state index is 12.7. The Balaban J connectivity index is 2.78. The van der Waals surface area contributed by atoms with Crippen molar-refractivity contribution in [3.63, 3.8) is 0 Å². The van der Waals surface area contributed by atoms with Crippen molar-refractivity contribution in [2.45, 2.75) is 12.8 Å². The molecule has 1 heterocycles. The molecule has 64 valence electrons. The molecule has 0 atom stereocenters. The second-order valence-electron chi connectivity index (χ2n) is 2.93. The fourth-order valence-electron chi connectivity index (χ4n) is 0.848. The van der Waals surface area contributed by atoms with Crippen molar-refractivity contribution in [3.05, 3.63) is 0 Å². The highest BCUT2D eigenvalue weighted by molar-refractivity contribution is 5.76. The van der Waals surface area contributed by atoms with Gasteiger partial charge in [-0.2, -0.15) is 8.78 Å². The third-order valence-electron chi connectivity index (χ3n) is 1.87. The Kier molecular flexibility index (Phi) is 1.63. The minimum atomic E-state index is -3.68. The van der Waals surface area contributed by atoms with Crippen molar-refractivity contribution in [1.82, 2.24) is 0 Å². The quantitative estimate of drug-likeness (QED) is 0.658. The maximum absolute atomic E-state index is 12.7. The third-order valence-corrected chi connectivity index (χ3v) is 1.87. The van der Waals surface area contributed by atoms with Gasteiger partial charge in [0, 0.05) is 0 Å². The number of aliphatic carboxylic acids is 1. The van der Waals surface area contributed by atoms with Gasteiger partial charge in [0.05, 0.1) is 18.6 Å². The van der Waals surface area contributed by atoms with Crippen LogP contribution in [0.25, 0.3) is 0 Å². The topological polar surface area (TPSA) is 46.5 Å². The molecule has 1 aliphatic heterocycles. The average Bonchev–Trinajstić information content (AvgIpc) is 1.82. The summed E-state index contributed by atoms with van der Waals surface area (Å²) in [5.74, 6) is -5.76. The zero-order chi connectivity index (χ0) is 8.70. The molecule has 0 aromatic heterocycles. The fourth-order valence-corrected chi connectivity index (χ4v) is 0.848. The van der Waals surface area contributed by atoms with E-state index in [1.54, 1.807) is 0 Å². The maximum Gasteiger partial charge on any atom is 0.375 e. The summed E-state index contributed by atoms with van der Waals surface area (Å²) in [6.45, 7) is 0.823. The molecule has 0 amide bonds. The van der Waals surface area contributed by atoms with Crippen molar-refractivity contribution < 1.29 is 23.4 Å². The highest BCUT2D eigenvalue weighted by Crippen LogP contribution is 2.42. The Morgan fingerprint density at radius 3 is 2.18 bits per heavy atom. The number of hydrogen-bond acceptors (Lipinski definition) is 2. The van der Waals surface area contributed by atoms with Crippen LogP contribution >= 0.6 is 0 Å². The van der Waals surface area contributed by atoms with E-state index in [2.05, 4.69) is 4.74 Å². The summed E-state index contributed by atoms with van der Waals surface area (Å²) in [7, 11) is 0.